The fraction of sp³-hybridized carbons (Fsp3) is 0.294. The molecule has 0 amide bonds. The van der Waals surface area contributed by atoms with Crippen LogP contribution in [0.3, 0.4) is 0 Å². The molecule has 0 saturated carbocycles. The number of rotatable bonds is 7. The molecule has 0 spiro atoms. The van der Waals surface area contributed by atoms with E-state index < -0.39 is 0 Å². The summed E-state index contributed by atoms with van der Waals surface area (Å²) in [5.41, 5.74) is 1.92. The minimum absolute atomic E-state index is 0.205. The molecule has 0 aliphatic heterocycles. The van der Waals surface area contributed by atoms with Crippen LogP contribution >= 0.6 is 0 Å². The first-order chi connectivity index (χ1) is 9.78. The molecule has 1 N–H and O–H groups in total. The Labute approximate surface area is 119 Å². The van der Waals surface area contributed by atoms with Gasteiger partial charge in [0.2, 0.25) is 0 Å². The number of hydrogen-bond donors (Lipinski definition) is 1. The maximum atomic E-state index is 13.0. The van der Waals surface area contributed by atoms with Gasteiger partial charge in [0, 0.05) is 12.2 Å². The summed E-state index contributed by atoms with van der Waals surface area (Å²) in [7, 11) is 0. The standard InChI is InChI=1S/C17H20FNO/c1-2-3-11-20-17-9-7-16(8-10-17)19-13-14-5-4-6-15(18)12-14/h4-10,12,19H,2-3,11,13H2,1H3. The van der Waals surface area contributed by atoms with Crippen LogP contribution in [0.4, 0.5) is 10.1 Å². The van der Waals surface area contributed by atoms with E-state index in [-0.39, 0.29) is 5.82 Å². The van der Waals surface area contributed by atoms with Gasteiger partial charge >= 0.3 is 0 Å². The molecule has 2 aromatic rings. The van der Waals surface area contributed by atoms with E-state index in [1.165, 1.54) is 12.1 Å². The molecule has 2 rings (SSSR count). The van der Waals surface area contributed by atoms with E-state index in [9.17, 15) is 4.39 Å². The molecular formula is C17H20FNO. The Hall–Kier alpha value is -2.03. The Morgan fingerprint density at radius 3 is 2.60 bits per heavy atom. The van der Waals surface area contributed by atoms with Gasteiger partial charge in [0.1, 0.15) is 11.6 Å². The van der Waals surface area contributed by atoms with Crippen molar-refractivity contribution in [2.24, 2.45) is 0 Å². The lowest BCUT2D eigenvalue weighted by molar-refractivity contribution is 0.309. The molecule has 0 heterocycles. The van der Waals surface area contributed by atoms with Crippen LogP contribution in [-0.2, 0) is 6.54 Å². The van der Waals surface area contributed by atoms with Crippen molar-refractivity contribution in [1.82, 2.24) is 0 Å². The predicted molar refractivity (Wildman–Crippen MR) is 80.6 cm³/mol. The number of anilines is 1. The SMILES string of the molecule is CCCCOc1ccc(NCc2cccc(F)c2)cc1. The van der Waals surface area contributed by atoms with Crippen LogP contribution in [-0.4, -0.2) is 6.61 Å². The van der Waals surface area contributed by atoms with Crippen molar-refractivity contribution in [3.8, 4) is 5.75 Å². The molecule has 2 nitrogen and oxygen atoms in total. The lowest BCUT2D eigenvalue weighted by Crippen LogP contribution is -2.00. The Morgan fingerprint density at radius 2 is 1.90 bits per heavy atom. The second-order valence-corrected chi connectivity index (χ2v) is 4.71. The summed E-state index contributed by atoms with van der Waals surface area (Å²) in [5.74, 6) is 0.679. The summed E-state index contributed by atoms with van der Waals surface area (Å²) >= 11 is 0. The number of halogens is 1. The van der Waals surface area contributed by atoms with Gasteiger partial charge in [-0.2, -0.15) is 0 Å². The summed E-state index contributed by atoms with van der Waals surface area (Å²) in [5, 5.41) is 3.26. The first-order valence-electron chi connectivity index (χ1n) is 6.99. The van der Waals surface area contributed by atoms with Crippen molar-refractivity contribution < 1.29 is 9.13 Å². The highest BCUT2D eigenvalue weighted by atomic mass is 19.1. The topological polar surface area (TPSA) is 21.3 Å². The Morgan fingerprint density at radius 1 is 1.10 bits per heavy atom. The lowest BCUT2D eigenvalue weighted by Gasteiger charge is -2.09. The van der Waals surface area contributed by atoms with Gasteiger partial charge in [0.05, 0.1) is 6.61 Å². The van der Waals surface area contributed by atoms with E-state index in [1.807, 2.05) is 30.3 Å². The monoisotopic (exact) mass is 273 g/mol. The zero-order valence-corrected chi connectivity index (χ0v) is 11.7. The van der Waals surface area contributed by atoms with Gasteiger partial charge in [-0.1, -0.05) is 25.5 Å². The van der Waals surface area contributed by atoms with Gasteiger partial charge in [0.15, 0.2) is 0 Å². The molecule has 0 aliphatic rings. The van der Waals surface area contributed by atoms with Crippen LogP contribution in [0, 0.1) is 5.82 Å². The molecule has 20 heavy (non-hydrogen) atoms. The number of hydrogen-bond acceptors (Lipinski definition) is 2. The highest BCUT2D eigenvalue weighted by Crippen LogP contribution is 2.17. The molecule has 0 unspecified atom stereocenters. The number of ether oxygens (including phenoxy) is 1. The van der Waals surface area contributed by atoms with Gasteiger partial charge < -0.3 is 10.1 Å². The molecule has 106 valence electrons. The van der Waals surface area contributed by atoms with E-state index in [2.05, 4.69) is 12.2 Å². The van der Waals surface area contributed by atoms with E-state index in [4.69, 9.17) is 4.74 Å². The molecule has 0 fully saturated rings. The van der Waals surface area contributed by atoms with Crippen LogP contribution in [0.2, 0.25) is 0 Å². The molecule has 0 bridgehead atoms. The third-order valence-corrected chi connectivity index (χ3v) is 3.01. The molecule has 0 aromatic heterocycles. The van der Waals surface area contributed by atoms with Crippen molar-refractivity contribution in [3.63, 3.8) is 0 Å². The molecule has 0 radical (unpaired) electrons. The predicted octanol–water partition coefficient (Wildman–Crippen LogP) is 4.62. The molecule has 0 atom stereocenters. The quantitative estimate of drug-likeness (QED) is 0.743. The van der Waals surface area contributed by atoms with Gasteiger partial charge in [-0.15, -0.1) is 0 Å². The number of unbranched alkanes of at least 4 members (excludes halogenated alkanes) is 1. The summed E-state index contributed by atoms with van der Waals surface area (Å²) in [6, 6.07) is 14.4. The van der Waals surface area contributed by atoms with Crippen molar-refractivity contribution in [2.75, 3.05) is 11.9 Å². The Bertz CT molecular complexity index is 525. The largest absolute Gasteiger partial charge is 0.494 e. The van der Waals surface area contributed by atoms with Crippen LogP contribution in [0.15, 0.2) is 48.5 Å². The van der Waals surface area contributed by atoms with E-state index >= 15 is 0 Å². The van der Waals surface area contributed by atoms with Crippen LogP contribution in [0.25, 0.3) is 0 Å². The Balaban J connectivity index is 1.84. The van der Waals surface area contributed by atoms with E-state index in [1.54, 1.807) is 6.07 Å². The highest BCUT2D eigenvalue weighted by Gasteiger charge is 1.97. The number of nitrogens with one attached hydrogen (secondary N) is 1. The second kappa shape index (κ2) is 7.53. The summed E-state index contributed by atoms with van der Waals surface area (Å²) in [6.07, 6.45) is 2.20. The maximum absolute atomic E-state index is 13.0. The zero-order valence-electron chi connectivity index (χ0n) is 11.7. The zero-order chi connectivity index (χ0) is 14.2. The van der Waals surface area contributed by atoms with E-state index in [0.717, 1.165) is 36.4 Å². The minimum atomic E-state index is -0.205. The van der Waals surface area contributed by atoms with Gasteiger partial charge in [-0.05, 0) is 48.4 Å². The number of benzene rings is 2. The molecular weight excluding hydrogens is 253 g/mol. The van der Waals surface area contributed by atoms with Crippen molar-refractivity contribution in [2.45, 2.75) is 26.3 Å². The first-order valence-corrected chi connectivity index (χ1v) is 6.99. The Kier molecular flexibility index (Phi) is 5.42. The lowest BCUT2D eigenvalue weighted by atomic mass is 10.2. The fourth-order valence-corrected chi connectivity index (χ4v) is 1.85. The summed E-state index contributed by atoms with van der Waals surface area (Å²) < 4.78 is 18.7. The van der Waals surface area contributed by atoms with Crippen molar-refractivity contribution in [1.29, 1.82) is 0 Å². The third-order valence-electron chi connectivity index (χ3n) is 3.01. The first kappa shape index (κ1) is 14.4. The van der Waals surface area contributed by atoms with Gasteiger partial charge in [0.25, 0.3) is 0 Å². The maximum Gasteiger partial charge on any atom is 0.123 e. The average Bonchev–Trinajstić information content (AvgIpc) is 2.47. The smallest absolute Gasteiger partial charge is 0.123 e. The van der Waals surface area contributed by atoms with Crippen LogP contribution in [0.5, 0.6) is 5.75 Å². The average molecular weight is 273 g/mol. The van der Waals surface area contributed by atoms with Gasteiger partial charge in [-0.3, -0.25) is 0 Å². The molecule has 0 saturated heterocycles. The molecule has 3 heteroatoms. The molecule has 2 aromatic carbocycles. The van der Waals surface area contributed by atoms with Gasteiger partial charge in [-0.25, -0.2) is 4.39 Å². The fourth-order valence-electron chi connectivity index (χ4n) is 1.85. The summed E-state index contributed by atoms with van der Waals surface area (Å²) in [6.45, 7) is 3.50. The molecule has 0 aliphatic carbocycles. The minimum Gasteiger partial charge on any atom is -0.494 e. The van der Waals surface area contributed by atoms with E-state index in [0.29, 0.717) is 6.54 Å². The van der Waals surface area contributed by atoms with Crippen LogP contribution in [0.1, 0.15) is 25.3 Å². The van der Waals surface area contributed by atoms with Crippen molar-refractivity contribution >= 4 is 5.69 Å². The van der Waals surface area contributed by atoms with Crippen molar-refractivity contribution in [3.05, 3.63) is 59.9 Å². The normalized spacial score (nSPS) is 10.3. The third kappa shape index (κ3) is 4.57. The van der Waals surface area contributed by atoms with Crippen LogP contribution < -0.4 is 10.1 Å². The highest BCUT2D eigenvalue weighted by molar-refractivity contribution is 5.46. The summed E-state index contributed by atoms with van der Waals surface area (Å²) in [4.78, 5) is 0. The second-order valence-electron chi connectivity index (χ2n) is 4.71.